The van der Waals surface area contributed by atoms with Gasteiger partial charge in [0.15, 0.2) is 0 Å². The standard InChI is InChI=1S/C17H33NO/c1-17(2,3)16-6-4-14(5-7-16)12-18-10-8-15-9-11-19-13-15/h14-16,18H,4-13H2,1-3H3. The molecule has 0 aromatic carbocycles. The molecule has 112 valence electrons. The first-order chi connectivity index (χ1) is 9.05. The number of ether oxygens (including phenoxy) is 1. The van der Waals surface area contributed by atoms with Crippen molar-refractivity contribution in [2.75, 3.05) is 26.3 Å². The first kappa shape index (κ1) is 15.3. The molecule has 19 heavy (non-hydrogen) atoms. The van der Waals surface area contributed by atoms with E-state index in [1.54, 1.807) is 0 Å². The van der Waals surface area contributed by atoms with Crippen molar-refractivity contribution in [3.8, 4) is 0 Å². The van der Waals surface area contributed by atoms with Gasteiger partial charge in [0.05, 0.1) is 0 Å². The highest BCUT2D eigenvalue weighted by Crippen LogP contribution is 2.39. The average molecular weight is 267 g/mol. The number of rotatable bonds is 5. The van der Waals surface area contributed by atoms with Gasteiger partial charge in [-0.2, -0.15) is 0 Å². The van der Waals surface area contributed by atoms with Crippen LogP contribution in [0.2, 0.25) is 0 Å². The van der Waals surface area contributed by atoms with Crippen LogP contribution in [0.5, 0.6) is 0 Å². The quantitative estimate of drug-likeness (QED) is 0.764. The van der Waals surface area contributed by atoms with E-state index in [2.05, 4.69) is 26.1 Å². The summed E-state index contributed by atoms with van der Waals surface area (Å²) in [5, 5.41) is 3.68. The SMILES string of the molecule is CC(C)(C)C1CCC(CNCCC2CCOC2)CC1. The lowest BCUT2D eigenvalue weighted by molar-refractivity contribution is 0.148. The molecule has 1 unspecified atom stereocenters. The molecule has 2 rings (SSSR count). The zero-order chi connectivity index (χ0) is 13.7. The first-order valence-electron chi connectivity index (χ1n) is 8.34. The summed E-state index contributed by atoms with van der Waals surface area (Å²) in [5.74, 6) is 2.70. The Morgan fingerprint density at radius 3 is 2.32 bits per heavy atom. The first-order valence-corrected chi connectivity index (χ1v) is 8.34. The molecule has 0 spiro atoms. The molecule has 1 heterocycles. The fraction of sp³-hybridized carbons (Fsp3) is 1.00. The van der Waals surface area contributed by atoms with Crippen molar-refractivity contribution < 1.29 is 4.74 Å². The Bertz CT molecular complexity index is 244. The van der Waals surface area contributed by atoms with E-state index in [1.165, 1.54) is 51.6 Å². The van der Waals surface area contributed by atoms with E-state index in [0.717, 1.165) is 31.0 Å². The van der Waals surface area contributed by atoms with Crippen molar-refractivity contribution in [3.05, 3.63) is 0 Å². The second kappa shape index (κ2) is 7.08. The molecule has 0 amide bonds. The molecule has 1 N–H and O–H groups in total. The van der Waals surface area contributed by atoms with Crippen molar-refractivity contribution in [1.29, 1.82) is 0 Å². The van der Waals surface area contributed by atoms with Crippen molar-refractivity contribution in [3.63, 3.8) is 0 Å². The molecule has 2 heteroatoms. The number of hydrogen-bond donors (Lipinski definition) is 1. The highest BCUT2D eigenvalue weighted by atomic mass is 16.5. The van der Waals surface area contributed by atoms with Crippen LogP contribution < -0.4 is 5.32 Å². The predicted molar refractivity (Wildman–Crippen MR) is 81.3 cm³/mol. The van der Waals surface area contributed by atoms with Crippen LogP contribution in [0.4, 0.5) is 0 Å². The Balaban J connectivity index is 1.53. The van der Waals surface area contributed by atoms with Gasteiger partial charge in [-0.1, -0.05) is 20.8 Å². The minimum atomic E-state index is 0.515. The molecule has 0 bridgehead atoms. The summed E-state index contributed by atoms with van der Waals surface area (Å²) >= 11 is 0. The van der Waals surface area contributed by atoms with E-state index >= 15 is 0 Å². The molecule has 2 aliphatic rings. The van der Waals surface area contributed by atoms with E-state index in [-0.39, 0.29) is 0 Å². The van der Waals surface area contributed by atoms with E-state index in [9.17, 15) is 0 Å². The lowest BCUT2D eigenvalue weighted by Gasteiger charge is -2.37. The van der Waals surface area contributed by atoms with Crippen LogP contribution >= 0.6 is 0 Å². The zero-order valence-electron chi connectivity index (χ0n) is 13.2. The summed E-state index contributed by atoms with van der Waals surface area (Å²) in [5.41, 5.74) is 0.515. The molecule has 1 aliphatic heterocycles. The summed E-state index contributed by atoms with van der Waals surface area (Å²) in [6.07, 6.45) is 8.32. The summed E-state index contributed by atoms with van der Waals surface area (Å²) in [6, 6.07) is 0. The lowest BCUT2D eigenvalue weighted by atomic mass is 9.70. The molecule has 0 radical (unpaired) electrons. The third-order valence-electron chi connectivity index (χ3n) is 5.26. The molecule has 1 saturated heterocycles. The molecule has 2 fully saturated rings. The fourth-order valence-corrected chi connectivity index (χ4v) is 3.66. The number of nitrogens with one attached hydrogen (secondary N) is 1. The summed E-state index contributed by atoms with van der Waals surface area (Å²) in [7, 11) is 0. The van der Waals surface area contributed by atoms with Gasteiger partial charge in [0, 0.05) is 13.2 Å². The molecular formula is C17H33NO. The van der Waals surface area contributed by atoms with Crippen molar-refractivity contribution in [2.24, 2.45) is 23.2 Å². The van der Waals surface area contributed by atoms with E-state index < -0.39 is 0 Å². The van der Waals surface area contributed by atoms with Gasteiger partial charge in [-0.25, -0.2) is 0 Å². The minimum Gasteiger partial charge on any atom is -0.381 e. The third-order valence-corrected chi connectivity index (χ3v) is 5.26. The van der Waals surface area contributed by atoms with Gasteiger partial charge in [0.2, 0.25) is 0 Å². The van der Waals surface area contributed by atoms with Crippen molar-refractivity contribution in [2.45, 2.75) is 59.3 Å². The third kappa shape index (κ3) is 5.07. The highest BCUT2D eigenvalue weighted by molar-refractivity contribution is 4.81. The Kier molecular flexibility index (Phi) is 5.70. The van der Waals surface area contributed by atoms with Crippen LogP contribution in [0, 0.1) is 23.2 Å². The largest absolute Gasteiger partial charge is 0.381 e. The lowest BCUT2D eigenvalue weighted by Crippen LogP contribution is -2.31. The second-order valence-electron chi connectivity index (χ2n) is 7.81. The average Bonchev–Trinajstić information content (AvgIpc) is 2.87. The molecule has 1 atom stereocenters. The maximum absolute atomic E-state index is 5.42. The minimum absolute atomic E-state index is 0.515. The number of hydrogen-bond acceptors (Lipinski definition) is 2. The van der Waals surface area contributed by atoms with Crippen LogP contribution in [0.25, 0.3) is 0 Å². The fourth-order valence-electron chi connectivity index (χ4n) is 3.66. The van der Waals surface area contributed by atoms with Gasteiger partial charge >= 0.3 is 0 Å². The van der Waals surface area contributed by atoms with Gasteiger partial charge in [-0.3, -0.25) is 0 Å². The second-order valence-corrected chi connectivity index (χ2v) is 7.81. The normalized spacial score (nSPS) is 32.7. The van der Waals surface area contributed by atoms with E-state index in [0.29, 0.717) is 5.41 Å². The topological polar surface area (TPSA) is 21.3 Å². The Labute approximate surface area is 119 Å². The van der Waals surface area contributed by atoms with Crippen LogP contribution in [0.15, 0.2) is 0 Å². The monoisotopic (exact) mass is 267 g/mol. The smallest absolute Gasteiger partial charge is 0.0495 e. The summed E-state index contributed by atoms with van der Waals surface area (Å²) in [6.45, 7) is 11.6. The van der Waals surface area contributed by atoms with Crippen LogP contribution in [0.1, 0.15) is 59.3 Å². The summed E-state index contributed by atoms with van der Waals surface area (Å²) < 4.78 is 5.42. The van der Waals surface area contributed by atoms with Gasteiger partial charge in [0.25, 0.3) is 0 Å². The maximum atomic E-state index is 5.42. The zero-order valence-corrected chi connectivity index (χ0v) is 13.2. The Hall–Kier alpha value is -0.0800. The van der Waals surface area contributed by atoms with Crippen molar-refractivity contribution in [1.82, 2.24) is 5.32 Å². The molecule has 2 nitrogen and oxygen atoms in total. The Morgan fingerprint density at radius 2 is 1.74 bits per heavy atom. The van der Waals surface area contributed by atoms with Crippen LogP contribution in [-0.2, 0) is 4.74 Å². The predicted octanol–water partition coefficient (Wildman–Crippen LogP) is 3.86. The molecule has 0 aromatic rings. The van der Waals surface area contributed by atoms with Gasteiger partial charge < -0.3 is 10.1 Å². The van der Waals surface area contributed by atoms with E-state index in [1.807, 2.05) is 0 Å². The Morgan fingerprint density at radius 1 is 1.00 bits per heavy atom. The van der Waals surface area contributed by atoms with Crippen LogP contribution in [-0.4, -0.2) is 26.3 Å². The molecule has 0 aromatic heterocycles. The summed E-state index contributed by atoms with van der Waals surface area (Å²) in [4.78, 5) is 0. The van der Waals surface area contributed by atoms with Crippen molar-refractivity contribution >= 4 is 0 Å². The van der Waals surface area contributed by atoms with Gasteiger partial charge in [0.1, 0.15) is 0 Å². The highest BCUT2D eigenvalue weighted by Gasteiger charge is 2.29. The van der Waals surface area contributed by atoms with Gasteiger partial charge in [-0.05, 0) is 74.8 Å². The van der Waals surface area contributed by atoms with E-state index in [4.69, 9.17) is 4.74 Å². The molecular weight excluding hydrogens is 234 g/mol. The molecule has 1 saturated carbocycles. The van der Waals surface area contributed by atoms with Gasteiger partial charge in [-0.15, -0.1) is 0 Å². The maximum Gasteiger partial charge on any atom is 0.0495 e. The molecule has 1 aliphatic carbocycles. The van der Waals surface area contributed by atoms with Crippen LogP contribution in [0.3, 0.4) is 0 Å².